The summed E-state index contributed by atoms with van der Waals surface area (Å²) in [5.74, 6) is -0.839. The maximum atomic E-state index is 12.1. The largest absolute Gasteiger partial charge is 0.495 e. The minimum atomic E-state index is -0.717. The summed E-state index contributed by atoms with van der Waals surface area (Å²) in [6.45, 7) is 2.92. The molecule has 1 aromatic rings. The molecule has 0 aliphatic carbocycles. The Kier molecular flexibility index (Phi) is 8.20. The quantitative estimate of drug-likeness (QED) is 0.618. The maximum absolute atomic E-state index is 12.1. The Hall–Kier alpha value is -2.29. The third-order valence-electron chi connectivity index (χ3n) is 2.91. The van der Waals surface area contributed by atoms with Crippen molar-refractivity contribution in [2.24, 2.45) is 0 Å². The third kappa shape index (κ3) is 6.61. The minimum Gasteiger partial charge on any atom is -0.495 e. The Labute approximate surface area is 154 Å². The van der Waals surface area contributed by atoms with E-state index in [1.54, 1.807) is 0 Å². The molecule has 138 valence electrons. The first-order valence-corrected chi connectivity index (χ1v) is 8.22. The van der Waals surface area contributed by atoms with Crippen LogP contribution in [-0.4, -0.2) is 51.2 Å². The van der Waals surface area contributed by atoms with Crippen LogP contribution < -0.4 is 20.1 Å². The van der Waals surface area contributed by atoms with Crippen molar-refractivity contribution in [3.05, 3.63) is 22.2 Å². The highest BCUT2D eigenvalue weighted by Crippen LogP contribution is 2.35. The summed E-state index contributed by atoms with van der Waals surface area (Å²) < 4.78 is 15.8. The fourth-order valence-corrected chi connectivity index (χ4v) is 2.36. The molecule has 2 N–H and O–H groups in total. The Morgan fingerprint density at radius 1 is 1.08 bits per heavy atom. The lowest BCUT2D eigenvalue weighted by atomic mass is 10.2. The van der Waals surface area contributed by atoms with Gasteiger partial charge in [0.1, 0.15) is 16.0 Å². The van der Waals surface area contributed by atoms with Crippen LogP contribution in [-0.2, 0) is 14.3 Å². The molecular formula is C16H21BrN2O6. The highest BCUT2D eigenvalue weighted by molar-refractivity contribution is 9.10. The molecule has 0 unspecified atom stereocenters. The van der Waals surface area contributed by atoms with Crippen molar-refractivity contribution in [1.82, 2.24) is 10.6 Å². The highest BCUT2D eigenvalue weighted by atomic mass is 79.9. The van der Waals surface area contributed by atoms with Gasteiger partial charge in [-0.25, -0.2) is 4.79 Å². The third-order valence-corrected chi connectivity index (χ3v) is 3.69. The van der Waals surface area contributed by atoms with Crippen LogP contribution in [0.2, 0.25) is 0 Å². The monoisotopic (exact) mass is 416 g/mol. The number of benzene rings is 1. The molecule has 0 fully saturated rings. The van der Waals surface area contributed by atoms with Crippen LogP contribution in [0.1, 0.15) is 24.2 Å². The van der Waals surface area contributed by atoms with Crippen molar-refractivity contribution in [2.45, 2.75) is 19.9 Å². The second-order valence-electron chi connectivity index (χ2n) is 5.27. The molecule has 0 radical (unpaired) electrons. The number of carbonyl (C=O) groups is 3. The highest BCUT2D eigenvalue weighted by Gasteiger charge is 2.17. The lowest BCUT2D eigenvalue weighted by molar-refractivity contribution is -0.128. The number of esters is 1. The van der Waals surface area contributed by atoms with Gasteiger partial charge >= 0.3 is 5.97 Å². The van der Waals surface area contributed by atoms with Gasteiger partial charge in [0.05, 0.1) is 26.3 Å². The van der Waals surface area contributed by atoms with Crippen molar-refractivity contribution in [2.75, 3.05) is 27.4 Å². The first kappa shape index (κ1) is 20.8. The molecule has 0 aliphatic rings. The molecule has 0 spiro atoms. The molecule has 1 aromatic carbocycles. The van der Waals surface area contributed by atoms with Crippen LogP contribution in [0, 0.1) is 0 Å². The van der Waals surface area contributed by atoms with Crippen LogP contribution in [0.25, 0.3) is 0 Å². The van der Waals surface area contributed by atoms with Crippen molar-refractivity contribution in [1.29, 1.82) is 0 Å². The zero-order chi connectivity index (χ0) is 19.0. The summed E-state index contributed by atoms with van der Waals surface area (Å²) in [6.07, 6.45) is 0. The molecule has 25 heavy (non-hydrogen) atoms. The fourth-order valence-electron chi connectivity index (χ4n) is 1.80. The Morgan fingerprint density at radius 2 is 1.64 bits per heavy atom. The molecule has 0 aliphatic heterocycles. The smallest absolute Gasteiger partial charge is 0.338 e. The van der Waals surface area contributed by atoms with Gasteiger partial charge in [0.25, 0.3) is 5.91 Å². The molecule has 0 bridgehead atoms. The van der Waals surface area contributed by atoms with Gasteiger partial charge < -0.3 is 24.8 Å². The lowest BCUT2D eigenvalue weighted by Gasteiger charge is -2.12. The number of methoxy groups -OCH3 is 2. The second-order valence-corrected chi connectivity index (χ2v) is 6.06. The van der Waals surface area contributed by atoms with Crippen LogP contribution in [0.4, 0.5) is 0 Å². The van der Waals surface area contributed by atoms with E-state index in [9.17, 15) is 14.4 Å². The van der Waals surface area contributed by atoms with Crippen molar-refractivity contribution >= 4 is 33.7 Å². The summed E-state index contributed by atoms with van der Waals surface area (Å²) in [4.78, 5) is 35.1. The zero-order valence-corrected chi connectivity index (χ0v) is 16.1. The number of halogens is 1. The van der Waals surface area contributed by atoms with Crippen molar-refractivity contribution < 1.29 is 28.6 Å². The Bertz CT molecular complexity index is 623. The van der Waals surface area contributed by atoms with E-state index in [0.717, 1.165) is 0 Å². The Balaban J connectivity index is 2.59. The van der Waals surface area contributed by atoms with Gasteiger partial charge in [-0.05, 0) is 41.9 Å². The van der Waals surface area contributed by atoms with Gasteiger partial charge in [-0.1, -0.05) is 0 Å². The molecular weight excluding hydrogens is 396 g/mol. The number of rotatable bonds is 8. The number of hydrogen-bond acceptors (Lipinski definition) is 6. The molecule has 8 nitrogen and oxygen atoms in total. The van der Waals surface area contributed by atoms with Gasteiger partial charge in [-0.15, -0.1) is 0 Å². The molecule has 0 atom stereocenters. The molecule has 0 saturated heterocycles. The van der Waals surface area contributed by atoms with Crippen LogP contribution in [0.15, 0.2) is 16.6 Å². The van der Waals surface area contributed by atoms with E-state index in [1.165, 1.54) is 26.4 Å². The molecule has 0 aromatic heterocycles. The zero-order valence-electron chi connectivity index (χ0n) is 14.5. The van der Waals surface area contributed by atoms with E-state index in [0.29, 0.717) is 16.0 Å². The van der Waals surface area contributed by atoms with Crippen LogP contribution in [0.5, 0.6) is 11.5 Å². The SMILES string of the molecule is COc1cc(C(=O)OCC(=O)NCC(=O)NC(C)C)cc(OC)c1Br. The molecule has 1 rings (SSSR count). The number of carbonyl (C=O) groups excluding carboxylic acids is 3. The van der Waals surface area contributed by atoms with Gasteiger partial charge in [0, 0.05) is 6.04 Å². The second kappa shape index (κ2) is 9.87. The summed E-state index contributed by atoms with van der Waals surface area (Å²) in [5, 5.41) is 4.99. The number of amides is 2. The standard InChI is InChI=1S/C16H21BrN2O6/c1-9(2)19-13(20)7-18-14(21)8-25-16(22)10-5-11(23-3)15(17)12(6-10)24-4/h5-6,9H,7-8H2,1-4H3,(H,18,21)(H,19,20). The average molecular weight is 417 g/mol. The minimum absolute atomic E-state index is 0.0235. The van der Waals surface area contributed by atoms with E-state index in [-0.39, 0.29) is 24.1 Å². The predicted octanol–water partition coefficient (Wildman–Crippen LogP) is 1.26. The number of hydrogen-bond donors (Lipinski definition) is 2. The topological polar surface area (TPSA) is 103 Å². The lowest BCUT2D eigenvalue weighted by Crippen LogP contribution is -2.41. The number of nitrogens with one attached hydrogen (secondary N) is 2. The van der Waals surface area contributed by atoms with E-state index in [2.05, 4.69) is 26.6 Å². The van der Waals surface area contributed by atoms with Crippen LogP contribution in [0.3, 0.4) is 0 Å². The molecule has 0 heterocycles. The first-order chi connectivity index (χ1) is 11.8. The summed E-state index contributed by atoms with van der Waals surface area (Å²) in [7, 11) is 2.90. The molecule has 9 heteroatoms. The van der Waals surface area contributed by atoms with E-state index >= 15 is 0 Å². The summed E-state index contributed by atoms with van der Waals surface area (Å²) in [6, 6.07) is 2.90. The summed E-state index contributed by atoms with van der Waals surface area (Å²) in [5.41, 5.74) is 0.169. The van der Waals surface area contributed by atoms with Crippen LogP contribution >= 0.6 is 15.9 Å². The summed E-state index contributed by atoms with van der Waals surface area (Å²) >= 11 is 3.29. The maximum Gasteiger partial charge on any atom is 0.338 e. The number of ether oxygens (including phenoxy) is 3. The normalized spacial score (nSPS) is 10.2. The van der Waals surface area contributed by atoms with Gasteiger partial charge in [0.15, 0.2) is 6.61 Å². The van der Waals surface area contributed by atoms with E-state index in [1.807, 2.05) is 13.8 Å². The molecule has 0 saturated carbocycles. The van der Waals surface area contributed by atoms with Crippen molar-refractivity contribution in [3.8, 4) is 11.5 Å². The van der Waals surface area contributed by atoms with E-state index in [4.69, 9.17) is 14.2 Å². The average Bonchev–Trinajstić information content (AvgIpc) is 2.57. The van der Waals surface area contributed by atoms with Gasteiger partial charge in [-0.3, -0.25) is 9.59 Å². The van der Waals surface area contributed by atoms with Gasteiger partial charge in [0.2, 0.25) is 5.91 Å². The molecule has 2 amide bonds. The predicted molar refractivity (Wildman–Crippen MR) is 93.8 cm³/mol. The Morgan fingerprint density at radius 3 is 2.12 bits per heavy atom. The van der Waals surface area contributed by atoms with Gasteiger partial charge in [-0.2, -0.15) is 0 Å². The first-order valence-electron chi connectivity index (χ1n) is 7.43. The fraction of sp³-hybridized carbons (Fsp3) is 0.438. The van der Waals surface area contributed by atoms with E-state index < -0.39 is 18.5 Å². The van der Waals surface area contributed by atoms with Crippen molar-refractivity contribution in [3.63, 3.8) is 0 Å².